The average molecular weight is 369 g/mol. The maximum atomic E-state index is 12.3. The number of ether oxygens (including phenoxy) is 2. The molecule has 2 aromatic rings. The van der Waals surface area contributed by atoms with Crippen LogP contribution in [-0.4, -0.2) is 36.0 Å². The first-order valence-corrected chi connectivity index (χ1v) is 8.21. The van der Waals surface area contributed by atoms with Gasteiger partial charge in [0, 0.05) is 5.69 Å². The molecule has 0 saturated heterocycles. The summed E-state index contributed by atoms with van der Waals surface area (Å²) in [7, 11) is 0. The second-order valence-electron chi connectivity index (χ2n) is 5.63. The number of carbonyl (C=O) groups excluding carboxylic acids is 3. The van der Waals surface area contributed by atoms with Crippen LogP contribution in [0.3, 0.4) is 0 Å². The molecule has 0 aliphatic heterocycles. The van der Waals surface area contributed by atoms with Gasteiger partial charge in [0.2, 0.25) is 0 Å². The minimum Gasteiger partial charge on any atom is -0.461 e. The van der Waals surface area contributed by atoms with E-state index in [1.54, 1.807) is 45.0 Å². The molecule has 1 heterocycles. The average Bonchev–Trinajstić information content (AvgIpc) is 2.95. The lowest BCUT2D eigenvalue weighted by molar-refractivity contribution is -0.119. The van der Waals surface area contributed by atoms with Crippen molar-refractivity contribution in [3.63, 3.8) is 0 Å². The first kappa shape index (κ1) is 19.7. The van der Waals surface area contributed by atoms with Crippen molar-refractivity contribution in [2.75, 3.05) is 18.5 Å². The highest BCUT2D eigenvalue weighted by atomic mass is 16.5. The van der Waals surface area contributed by atoms with E-state index in [9.17, 15) is 14.4 Å². The van der Waals surface area contributed by atoms with Crippen LogP contribution in [-0.2, 0) is 14.3 Å². The molecule has 140 valence electrons. The maximum Gasteiger partial charge on any atom is 0.355 e. The molecule has 0 unspecified atom stereocenters. The van der Waals surface area contributed by atoms with Crippen LogP contribution in [0, 0.1) is 25.2 Å². The highest BCUT2D eigenvalue weighted by Gasteiger charge is 2.24. The molecule has 1 aromatic heterocycles. The molecule has 1 aromatic carbocycles. The predicted octanol–water partition coefficient (Wildman–Crippen LogP) is 2.48. The highest BCUT2D eigenvalue weighted by Crippen LogP contribution is 2.20. The van der Waals surface area contributed by atoms with Gasteiger partial charge < -0.3 is 19.8 Å². The van der Waals surface area contributed by atoms with Crippen molar-refractivity contribution in [3.05, 3.63) is 52.3 Å². The Bertz CT molecular complexity index is 924. The number of nitriles is 1. The topological polar surface area (TPSA) is 121 Å². The molecule has 0 spiro atoms. The Balaban J connectivity index is 2.05. The van der Waals surface area contributed by atoms with E-state index in [2.05, 4.69) is 10.3 Å². The van der Waals surface area contributed by atoms with Crippen molar-refractivity contribution < 1.29 is 23.9 Å². The molecule has 0 aliphatic rings. The number of amides is 1. The Hall–Kier alpha value is -3.60. The van der Waals surface area contributed by atoms with E-state index in [0.717, 1.165) is 0 Å². The molecule has 0 aliphatic carbocycles. The van der Waals surface area contributed by atoms with Crippen molar-refractivity contribution in [3.8, 4) is 6.07 Å². The Labute approximate surface area is 156 Å². The molecule has 0 fully saturated rings. The number of nitrogens with zero attached hydrogens (tertiary/aromatic N) is 1. The van der Waals surface area contributed by atoms with Crippen LogP contribution < -0.4 is 5.32 Å². The Morgan fingerprint density at radius 2 is 1.85 bits per heavy atom. The van der Waals surface area contributed by atoms with Crippen molar-refractivity contribution >= 4 is 23.5 Å². The van der Waals surface area contributed by atoms with Gasteiger partial charge in [-0.05, 0) is 38.5 Å². The molecule has 0 bridgehead atoms. The molecule has 1 amide bonds. The number of hydrogen-bond donors (Lipinski definition) is 2. The molecular formula is C19H19N3O5. The van der Waals surface area contributed by atoms with Crippen LogP contribution in [0.25, 0.3) is 0 Å². The SMILES string of the molecule is CCOC(=O)c1[nH]c(C)c(C(=O)OCC(=O)Nc2ccccc2C#N)c1C. The Morgan fingerprint density at radius 1 is 1.15 bits per heavy atom. The normalized spacial score (nSPS) is 10.0. The van der Waals surface area contributed by atoms with Crippen molar-refractivity contribution in [1.29, 1.82) is 5.26 Å². The van der Waals surface area contributed by atoms with Gasteiger partial charge in [-0.3, -0.25) is 4.79 Å². The molecule has 8 heteroatoms. The summed E-state index contributed by atoms with van der Waals surface area (Å²) in [4.78, 5) is 39.0. The van der Waals surface area contributed by atoms with Crippen molar-refractivity contribution in [2.24, 2.45) is 0 Å². The number of esters is 2. The summed E-state index contributed by atoms with van der Waals surface area (Å²) < 4.78 is 9.97. The summed E-state index contributed by atoms with van der Waals surface area (Å²) >= 11 is 0. The smallest absolute Gasteiger partial charge is 0.355 e. The standard InChI is InChI=1S/C19H19N3O5/c1-4-26-19(25)17-11(2)16(12(3)21-17)18(24)27-10-15(23)22-14-8-6-5-7-13(14)9-20/h5-8,21H,4,10H2,1-3H3,(H,22,23). The Morgan fingerprint density at radius 3 is 2.52 bits per heavy atom. The number of benzene rings is 1. The van der Waals surface area contributed by atoms with E-state index in [1.165, 1.54) is 0 Å². The number of H-pyrrole nitrogens is 1. The molecule has 0 radical (unpaired) electrons. The lowest BCUT2D eigenvalue weighted by Crippen LogP contribution is -2.21. The fourth-order valence-corrected chi connectivity index (χ4v) is 2.54. The third-order valence-electron chi connectivity index (χ3n) is 3.78. The van der Waals surface area contributed by atoms with Gasteiger partial charge >= 0.3 is 11.9 Å². The third kappa shape index (κ3) is 4.52. The number of anilines is 1. The fourth-order valence-electron chi connectivity index (χ4n) is 2.54. The number of carbonyl (C=O) groups is 3. The van der Waals surface area contributed by atoms with Gasteiger partial charge in [-0.15, -0.1) is 0 Å². The molecule has 8 nitrogen and oxygen atoms in total. The van der Waals surface area contributed by atoms with E-state index < -0.39 is 24.5 Å². The summed E-state index contributed by atoms with van der Waals surface area (Å²) in [5.74, 6) is -1.88. The summed E-state index contributed by atoms with van der Waals surface area (Å²) in [6, 6.07) is 8.44. The molecular weight excluding hydrogens is 350 g/mol. The molecule has 2 rings (SSSR count). The van der Waals surface area contributed by atoms with Gasteiger partial charge in [0.15, 0.2) is 6.61 Å². The van der Waals surface area contributed by atoms with Crippen LogP contribution in [0.4, 0.5) is 5.69 Å². The van der Waals surface area contributed by atoms with Gasteiger partial charge in [0.25, 0.3) is 5.91 Å². The second kappa shape index (κ2) is 8.67. The first-order valence-electron chi connectivity index (χ1n) is 8.21. The number of hydrogen-bond acceptors (Lipinski definition) is 6. The molecule has 0 atom stereocenters. The molecule has 0 saturated carbocycles. The van der Waals surface area contributed by atoms with E-state index in [1.807, 2.05) is 6.07 Å². The van der Waals surface area contributed by atoms with Gasteiger partial charge in [0.05, 0.1) is 23.4 Å². The fraction of sp³-hybridized carbons (Fsp3) is 0.263. The van der Waals surface area contributed by atoms with E-state index in [4.69, 9.17) is 14.7 Å². The lowest BCUT2D eigenvalue weighted by atomic mass is 10.1. The maximum absolute atomic E-state index is 12.3. The van der Waals surface area contributed by atoms with Crippen LogP contribution in [0.15, 0.2) is 24.3 Å². The van der Waals surface area contributed by atoms with Gasteiger partial charge in [-0.25, -0.2) is 9.59 Å². The van der Waals surface area contributed by atoms with E-state index in [0.29, 0.717) is 22.5 Å². The van der Waals surface area contributed by atoms with Gasteiger partial charge in [0.1, 0.15) is 11.8 Å². The number of para-hydroxylation sites is 1. The third-order valence-corrected chi connectivity index (χ3v) is 3.78. The van der Waals surface area contributed by atoms with Gasteiger partial charge in [-0.2, -0.15) is 5.26 Å². The number of rotatable bonds is 6. The zero-order valence-corrected chi connectivity index (χ0v) is 15.2. The number of aromatic amines is 1. The Kier molecular flexibility index (Phi) is 6.33. The minimum absolute atomic E-state index is 0.175. The van der Waals surface area contributed by atoms with Crippen molar-refractivity contribution in [2.45, 2.75) is 20.8 Å². The minimum atomic E-state index is -0.736. The quantitative estimate of drug-likeness (QED) is 0.755. The summed E-state index contributed by atoms with van der Waals surface area (Å²) in [6.45, 7) is 4.57. The van der Waals surface area contributed by atoms with Gasteiger partial charge in [-0.1, -0.05) is 12.1 Å². The summed E-state index contributed by atoms with van der Waals surface area (Å²) in [5, 5.41) is 11.5. The van der Waals surface area contributed by atoms with Crippen LogP contribution in [0.2, 0.25) is 0 Å². The molecule has 2 N–H and O–H groups in total. The summed E-state index contributed by atoms with van der Waals surface area (Å²) in [6.07, 6.45) is 0. The van der Waals surface area contributed by atoms with E-state index in [-0.39, 0.29) is 17.9 Å². The zero-order chi connectivity index (χ0) is 20.0. The lowest BCUT2D eigenvalue weighted by Gasteiger charge is -2.08. The largest absolute Gasteiger partial charge is 0.461 e. The van der Waals surface area contributed by atoms with Crippen molar-refractivity contribution in [1.82, 2.24) is 4.98 Å². The number of nitrogens with one attached hydrogen (secondary N) is 2. The van der Waals surface area contributed by atoms with Crippen LogP contribution >= 0.6 is 0 Å². The van der Waals surface area contributed by atoms with Crippen LogP contribution in [0.5, 0.6) is 0 Å². The zero-order valence-electron chi connectivity index (χ0n) is 15.2. The van der Waals surface area contributed by atoms with Crippen LogP contribution in [0.1, 0.15) is 44.6 Å². The first-order chi connectivity index (χ1) is 12.9. The monoisotopic (exact) mass is 369 g/mol. The number of aromatic nitrogens is 1. The number of aryl methyl sites for hydroxylation is 1. The molecule has 27 heavy (non-hydrogen) atoms. The van der Waals surface area contributed by atoms with E-state index >= 15 is 0 Å². The highest BCUT2D eigenvalue weighted by molar-refractivity contribution is 6.00. The summed E-state index contributed by atoms with van der Waals surface area (Å²) in [5.41, 5.74) is 1.83. The second-order valence-corrected chi connectivity index (χ2v) is 5.63. The predicted molar refractivity (Wildman–Crippen MR) is 96.3 cm³/mol.